The van der Waals surface area contributed by atoms with Gasteiger partial charge in [0.05, 0.1) is 5.56 Å². The van der Waals surface area contributed by atoms with Gasteiger partial charge in [0.15, 0.2) is 5.65 Å². The molecule has 0 spiro atoms. The van der Waals surface area contributed by atoms with Crippen LogP contribution in [0.4, 0.5) is 0 Å². The molecule has 0 bridgehead atoms. The van der Waals surface area contributed by atoms with E-state index in [1.807, 2.05) is 12.1 Å². The number of nitrogens with zero attached hydrogens (tertiary/aromatic N) is 2. The summed E-state index contributed by atoms with van der Waals surface area (Å²) in [4.78, 5) is 19.3. The molecule has 2 aromatic heterocycles. The summed E-state index contributed by atoms with van der Waals surface area (Å²) >= 11 is 0. The number of aromatic nitrogens is 2. The van der Waals surface area contributed by atoms with Gasteiger partial charge in [-0.05, 0) is 31.0 Å². The topological polar surface area (TPSA) is 63.1 Å². The van der Waals surface area contributed by atoms with Gasteiger partial charge < -0.3 is 5.11 Å². The summed E-state index contributed by atoms with van der Waals surface area (Å²) in [5.41, 5.74) is 1.91. The number of aromatic carboxylic acids is 1. The van der Waals surface area contributed by atoms with Crippen molar-refractivity contribution in [3.63, 3.8) is 0 Å². The summed E-state index contributed by atoms with van der Waals surface area (Å²) in [5.74, 6) is -0.369. The molecule has 0 radical (unpaired) electrons. The fourth-order valence-corrected chi connectivity index (χ4v) is 1.75. The molecular weight excluding hydrogens is 227 g/mol. The van der Waals surface area contributed by atoms with Crippen LogP contribution in [0.3, 0.4) is 0 Å². The molecule has 0 saturated heterocycles. The van der Waals surface area contributed by atoms with Gasteiger partial charge >= 0.3 is 35.5 Å². The maximum atomic E-state index is 10.8. The van der Waals surface area contributed by atoms with Crippen molar-refractivity contribution in [1.29, 1.82) is 0 Å². The molecule has 0 amide bonds. The predicted octanol–water partition coefficient (Wildman–Crippen LogP) is 1.56. The van der Waals surface area contributed by atoms with Gasteiger partial charge in [-0.3, -0.25) is 0 Å². The molecule has 5 heteroatoms. The zero-order chi connectivity index (χ0) is 11.1. The van der Waals surface area contributed by atoms with Crippen LogP contribution in [-0.4, -0.2) is 50.6 Å². The molecule has 1 N–H and O–H groups in total. The van der Waals surface area contributed by atoms with Crippen molar-refractivity contribution in [1.82, 2.24) is 9.97 Å². The van der Waals surface area contributed by atoms with E-state index in [4.69, 9.17) is 5.11 Å². The molecule has 2 heterocycles. The summed E-state index contributed by atoms with van der Waals surface area (Å²) in [7, 11) is 0. The third kappa shape index (κ3) is 2.49. The molecule has 0 aromatic carbocycles. The average molecular weight is 238 g/mol. The molecule has 2 aromatic rings. The van der Waals surface area contributed by atoms with Crippen LogP contribution >= 0.6 is 0 Å². The van der Waals surface area contributed by atoms with Gasteiger partial charge in [0, 0.05) is 23.2 Å². The van der Waals surface area contributed by atoms with Crippen molar-refractivity contribution in [2.24, 2.45) is 0 Å². The van der Waals surface area contributed by atoms with Crippen molar-refractivity contribution in [2.75, 3.05) is 0 Å². The van der Waals surface area contributed by atoms with Gasteiger partial charge in [-0.15, -0.1) is 0 Å². The van der Waals surface area contributed by atoms with E-state index in [0.717, 1.165) is 11.1 Å². The van der Waals surface area contributed by atoms with Crippen LogP contribution in [0.1, 0.15) is 34.8 Å². The Bertz CT molecular complexity index is 582. The number of rotatable bonds is 2. The summed E-state index contributed by atoms with van der Waals surface area (Å²) in [5, 5.41) is 9.62. The van der Waals surface area contributed by atoms with E-state index in [2.05, 4.69) is 9.97 Å². The molecular formula is C12H11N2NaO2. The van der Waals surface area contributed by atoms with Crippen LogP contribution in [0.15, 0.2) is 24.4 Å². The summed E-state index contributed by atoms with van der Waals surface area (Å²) in [6, 6.07) is 5.47. The van der Waals surface area contributed by atoms with Crippen LogP contribution in [0.25, 0.3) is 11.0 Å². The monoisotopic (exact) mass is 238 g/mol. The third-order valence-corrected chi connectivity index (χ3v) is 2.81. The Labute approximate surface area is 120 Å². The Kier molecular flexibility index (Phi) is 3.47. The standard InChI is InChI=1S/C12H10N2O2.Na.H/c15-12(16)9-5-8-3-4-10(7-1-2-7)14-11(8)13-6-9;;/h3-7H,1-2H2,(H,15,16);;. The predicted molar refractivity (Wildman–Crippen MR) is 65.6 cm³/mol. The number of fused-ring (bicyclic) bond motifs is 1. The first-order valence-corrected chi connectivity index (χ1v) is 5.24. The number of carboxylic acid groups (broad SMARTS) is 1. The second kappa shape index (κ2) is 4.72. The van der Waals surface area contributed by atoms with Crippen LogP contribution in [0, 0.1) is 0 Å². The van der Waals surface area contributed by atoms with Crippen LogP contribution < -0.4 is 0 Å². The second-order valence-electron chi connectivity index (χ2n) is 4.09. The van der Waals surface area contributed by atoms with Gasteiger partial charge in [-0.2, -0.15) is 0 Å². The first-order chi connectivity index (χ1) is 7.74. The van der Waals surface area contributed by atoms with E-state index < -0.39 is 5.97 Å². The minimum atomic E-state index is -0.958. The zero-order valence-corrected chi connectivity index (χ0v) is 8.55. The van der Waals surface area contributed by atoms with Crippen LogP contribution in [0.2, 0.25) is 0 Å². The zero-order valence-electron chi connectivity index (χ0n) is 8.55. The van der Waals surface area contributed by atoms with Crippen molar-refractivity contribution >= 4 is 46.6 Å². The molecule has 1 aliphatic rings. The molecule has 17 heavy (non-hydrogen) atoms. The van der Waals surface area contributed by atoms with Gasteiger partial charge in [0.25, 0.3) is 0 Å². The molecule has 1 aliphatic carbocycles. The van der Waals surface area contributed by atoms with Crippen molar-refractivity contribution in [3.8, 4) is 0 Å². The third-order valence-electron chi connectivity index (χ3n) is 2.81. The SMILES string of the molecule is O=C(O)c1cnc2nc(C3CC3)ccc2c1.[NaH]. The Hall–Kier alpha value is -0.970. The Morgan fingerprint density at radius 1 is 1.35 bits per heavy atom. The van der Waals surface area contributed by atoms with Gasteiger partial charge in [-0.25, -0.2) is 14.8 Å². The fraction of sp³-hybridized carbons (Fsp3) is 0.250. The number of hydrogen-bond acceptors (Lipinski definition) is 3. The Morgan fingerprint density at radius 2 is 2.12 bits per heavy atom. The van der Waals surface area contributed by atoms with Gasteiger partial charge in [0.2, 0.25) is 0 Å². The molecule has 0 atom stereocenters. The quantitative estimate of drug-likeness (QED) is 0.806. The number of pyridine rings is 2. The maximum absolute atomic E-state index is 10.8. The van der Waals surface area contributed by atoms with Crippen molar-refractivity contribution < 1.29 is 9.90 Å². The summed E-state index contributed by atoms with van der Waals surface area (Å²) < 4.78 is 0. The van der Waals surface area contributed by atoms with Crippen molar-refractivity contribution in [2.45, 2.75) is 18.8 Å². The van der Waals surface area contributed by atoms with E-state index in [9.17, 15) is 4.79 Å². The fourth-order valence-electron chi connectivity index (χ4n) is 1.75. The van der Waals surface area contributed by atoms with Crippen LogP contribution in [-0.2, 0) is 0 Å². The number of hydrogen-bond donors (Lipinski definition) is 1. The minimum absolute atomic E-state index is 0. The molecule has 0 unspecified atom stereocenters. The van der Waals surface area contributed by atoms with E-state index in [1.165, 1.54) is 19.0 Å². The Morgan fingerprint density at radius 3 is 2.76 bits per heavy atom. The normalized spacial score (nSPS) is 14.4. The molecule has 1 fully saturated rings. The number of carbonyl (C=O) groups is 1. The average Bonchev–Trinajstić information content (AvgIpc) is 3.11. The molecule has 4 nitrogen and oxygen atoms in total. The first-order valence-electron chi connectivity index (χ1n) is 5.24. The van der Waals surface area contributed by atoms with E-state index >= 15 is 0 Å². The van der Waals surface area contributed by atoms with E-state index in [1.54, 1.807) is 6.07 Å². The van der Waals surface area contributed by atoms with E-state index in [0.29, 0.717) is 11.6 Å². The van der Waals surface area contributed by atoms with E-state index in [-0.39, 0.29) is 35.1 Å². The number of carboxylic acids is 1. The summed E-state index contributed by atoms with van der Waals surface area (Å²) in [6.45, 7) is 0. The molecule has 1 saturated carbocycles. The molecule has 3 rings (SSSR count). The second-order valence-corrected chi connectivity index (χ2v) is 4.09. The Balaban J connectivity index is 0.00000108. The van der Waals surface area contributed by atoms with Crippen LogP contribution in [0.5, 0.6) is 0 Å². The van der Waals surface area contributed by atoms with Gasteiger partial charge in [0.1, 0.15) is 0 Å². The molecule has 0 aliphatic heterocycles. The molecule has 82 valence electrons. The summed E-state index contributed by atoms with van der Waals surface area (Å²) in [6.07, 6.45) is 3.76. The van der Waals surface area contributed by atoms with Crippen molar-refractivity contribution in [3.05, 3.63) is 35.7 Å². The van der Waals surface area contributed by atoms with Gasteiger partial charge in [-0.1, -0.05) is 0 Å². The first kappa shape index (κ1) is 12.5.